The summed E-state index contributed by atoms with van der Waals surface area (Å²) >= 11 is 1.54. The van der Waals surface area contributed by atoms with Crippen molar-refractivity contribution >= 4 is 117 Å². The van der Waals surface area contributed by atoms with Crippen molar-refractivity contribution in [3.63, 3.8) is 0 Å². The van der Waals surface area contributed by atoms with Crippen molar-refractivity contribution in [1.29, 1.82) is 0 Å². The number of ether oxygens (including phenoxy) is 3. The third-order valence-electron chi connectivity index (χ3n) is 28.1. The maximum absolute atomic E-state index is 12.7. The van der Waals surface area contributed by atoms with Crippen LogP contribution in [0.4, 0.5) is 28.4 Å². The number of nitrogens with one attached hydrogen (secondary N) is 2. The summed E-state index contributed by atoms with van der Waals surface area (Å²) in [5, 5.41) is 13.4. The van der Waals surface area contributed by atoms with Crippen molar-refractivity contribution < 1.29 is 36.3 Å². The monoisotopic (exact) mass is 1960 g/mol. The van der Waals surface area contributed by atoms with Gasteiger partial charge in [0.2, 0.25) is 0 Å². The quantitative estimate of drug-likeness (QED) is 0.0900. The molecule has 6 fully saturated rings. The first-order chi connectivity index (χ1) is 70.4. The average molecular weight is 1970 g/mol. The zero-order valence-corrected chi connectivity index (χ0v) is 82.8. The number of anilines is 5. The Morgan fingerprint density at radius 1 is 0.372 bits per heavy atom. The van der Waals surface area contributed by atoms with Crippen LogP contribution in [0.5, 0.6) is 17.2 Å². The summed E-state index contributed by atoms with van der Waals surface area (Å²) in [7, 11) is 13.4. The molecule has 6 atom stereocenters. The number of aromatic nitrogens is 11. The molecule has 738 valence electrons. The summed E-state index contributed by atoms with van der Waals surface area (Å²) in [5.41, 5.74) is 13.9. The van der Waals surface area contributed by atoms with E-state index in [1.807, 2.05) is 218 Å². The van der Waals surface area contributed by atoms with E-state index in [4.69, 9.17) is 36.3 Å². The Morgan fingerprint density at radius 2 is 0.745 bits per heavy atom. The summed E-state index contributed by atoms with van der Waals surface area (Å²) in [6, 6.07) is 58.3. The molecule has 26 rings (SSSR count). The molecule has 35 heteroatoms. The molecule has 0 amide bonds. The Hall–Kier alpha value is -16.1. The van der Waals surface area contributed by atoms with E-state index >= 15 is 0 Å². The fourth-order valence-electron chi connectivity index (χ4n) is 20.3. The predicted molar refractivity (Wildman–Crippen MR) is 567 cm³/mol. The van der Waals surface area contributed by atoms with E-state index in [0.717, 1.165) is 199 Å². The number of fused-ring (bicyclic) bond motifs is 10. The summed E-state index contributed by atoms with van der Waals surface area (Å²) in [6.45, 7) is 21.3. The first-order valence-electron chi connectivity index (χ1n) is 48.6. The lowest BCUT2D eigenvalue weighted by atomic mass is 10.1. The predicted octanol–water partition coefficient (Wildman–Crippen LogP) is 15.0. The highest BCUT2D eigenvalue weighted by atomic mass is 32.1. The summed E-state index contributed by atoms with van der Waals surface area (Å²) < 4.78 is 53.4. The minimum atomic E-state index is -0.395. The van der Waals surface area contributed by atoms with Crippen LogP contribution in [0.25, 0.3) is 139 Å². The number of imidazole rings is 5. The number of hydrogen-bond acceptors (Lipinski definition) is 30. The van der Waals surface area contributed by atoms with Gasteiger partial charge in [-0.25, -0.2) is 53.9 Å². The van der Waals surface area contributed by atoms with Gasteiger partial charge in [0.15, 0.2) is 4.96 Å². The highest BCUT2D eigenvalue weighted by molar-refractivity contribution is 7.15. The normalized spacial score (nSPS) is 18.2. The van der Waals surface area contributed by atoms with Crippen LogP contribution < -0.4 is 77.5 Å². The Labute approximate surface area is 835 Å². The van der Waals surface area contributed by atoms with Crippen molar-refractivity contribution in [2.24, 2.45) is 11.8 Å². The fraction of sp³-hybridized carbons (Fsp3) is 0.282. The van der Waals surface area contributed by atoms with Gasteiger partial charge in [-0.05, 0) is 182 Å². The lowest BCUT2D eigenvalue weighted by Gasteiger charge is -2.37. The SMILES string of the molecule is CN(C)C1[C@H]2CN(c3ccc4cc(-c5cn6ccsc6n5)c(=O)oc4c3)C[C@@H]12.COc1ccn2cc(-c3cc4ccc(N5CCN(C)CC5)cc4oc3=O)nc2c1.COc1ccn2cc(-c3cc4ccc(N5CCN(C)CC5)cc4oc3=O)nc2c1.COc1ccn2cc(-c3cc4ccc(N5CCN[C@@H](C)C5)cc4oc3=O)nc2c1.C[C@@H]1CN(c2ccc3cc(-c4cn(-c5ccccn5)cn4)c(=O)oc3c2)C[C@H](C)N1. The molecule has 1 unspecified atom stereocenters. The van der Waals surface area contributed by atoms with Crippen molar-refractivity contribution in [3.05, 3.63) is 302 Å². The summed E-state index contributed by atoms with van der Waals surface area (Å²) in [4.78, 5) is 110. The van der Waals surface area contributed by atoms with E-state index in [9.17, 15) is 24.0 Å². The molecule has 20 heterocycles. The van der Waals surface area contributed by atoms with E-state index in [1.165, 1.54) is 0 Å². The number of benzene rings is 5. The van der Waals surface area contributed by atoms with Crippen molar-refractivity contribution in [1.82, 2.24) is 77.4 Å². The number of piperazine rings is 4. The number of pyridine rings is 4. The molecular formula is C110H109N21O13S. The van der Waals surface area contributed by atoms with Crippen LogP contribution in [0.2, 0.25) is 0 Å². The van der Waals surface area contributed by atoms with Crippen molar-refractivity contribution in [2.75, 3.05) is 172 Å². The molecule has 34 nitrogen and oxygen atoms in total. The molecule has 145 heavy (non-hydrogen) atoms. The Bertz CT molecular complexity index is 8330. The number of nitrogens with zero attached hydrogens (tertiary/aromatic N) is 19. The Kier molecular flexibility index (Phi) is 25.7. The number of piperidine rings is 1. The lowest BCUT2D eigenvalue weighted by Crippen LogP contribution is -2.54. The molecule has 2 N–H and O–H groups in total. The van der Waals surface area contributed by atoms with E-state index < -0.39 is 11.3 Å². The largest absolute Gasteiger partial charge is 0.497 e. The second kappa shape index (κ2) is 39.7. The third kappa shape index (κ3) is 19.7. The van der Waals surface area contributed by atoms with Crippen molar-refractivity contribution in [2.45, 2.75) is 44.9 Å². The van der Waals surface area contributed by atoms with Crippen LogP contribution in [0.15, 0.2) is 296 Å². The third-order valence-corrected chi connectivity index (χ3v) is 28.8. The first-order valence-corrected chi connectivity index (χ1v) is 49.5. The molecule has 5 aliphatic heterocycles. The van der Waals surface area contributed by atoms with E-state index in [-0.39, 0.29) is 16.9 Å². The van der Waals surface area contributed by atoms with Crippen LogP contribution in [0, 0.1) is 11.8 Å². The van der Waals surface area contributed by atoms with Crippen LogP contribution in [0.1, 0.15) is 20.8 Å². The molecule has 0 radical (unpaired) electrons. The minimum absolute atomic E-state index is 0.340. The van der Waals surface area contributed by atoms with Gasteiger partial charge in [-0.3, -0.25) is 8.97 Å². The highest BCUT2D eigenvalue weighted by Crippen LogP contribution is 2.50. The highest BCUT2D eigenvalue weighted by Gasteiger charge is 2.57. The molecule has 6 aliphatic rings. The smallest absolute Gasteiger partial charge is 0.345 e. The van der Waals surface area contributed by atoms with Gasteiger partial charge in [0, 0.05) is 294 Å². The molecule has 0 spiro atoms. The zero-order valence-electron chi connectivity index (χ0n) is 82.0. The number of methoxy groups -OCH3 is 3. The molecule has 20 aromatic rings. The van der Waals surface area contributed by atoms with Gasteiger partial charge in [0.25, 0.3) is 0 Å². The first kappa shape index (κ1) is 93.9. The Morgan fingerprint density at radius 3 is 1.12 bits per heavy atom. The summed E-state index contributed by atoms with van der Waals surface area (Å²) in [6.07, 6.45) is 20.0. The standard InChI is InChI=1S/C23H23N5O2.3C22H22N4O3.C21H20N4O2S/c1-15-11-27(12-16(2)26-15)18-7-6-17-9-19(23(29)30-21(17)10-18)20-13-28(14-25-20)22-5-3-4-8-24-22;1-14-12-25(8-6-23-14)16-4-3-15-9-18(22(27)29-20(15)10-16)19-13-26-7-5-17(28-2)11-21(26)24-19;2*1-24-7-9-25(10-8-24)16-4-3-15-11-18(22(27)29-20(15)12-16)19-14-26-6-5-17(28-2)13-21(26)23-19;1-23(2)19-15-9-25(10-16(15)19)13-4-3-12-7-14(20(26)27-18(12)8-13)17-11-24-5-6-28-21(24)22-17/h3-10,13-16,26H,11-12H2,1-2H3;3-5,7,9-11,13-14,23H,6,8,12H2,1-2H3;2*3-6,11-14H,7-10H2,1-2H3;3-8,11,15-16,19H,9-10H2,1-2H3/t15-,16+;14-;;;15-,16+,19?/m.0.../s1. The molecule has 1 aliphatic carbocycles. The molecular weight excluding hydrogens is 1860 g/mol. The van der Waals surface area contributed by atoms with Crippen LogP contribution in [-0.4, -0.2) is 239 Å². The van der Waals surface area contributed by atoms with E-state index in [0.29, 0.717) is 119 Å². The molecule has 0 bridgehead atoms. The second-order valence-corrected chi connectivity index (χ2v) is 39.1. The number of likely N-dealkylation sites (N-methyl/N-ethyl adjacent to an activating group) is 2. The summed E-state index contributed by atoms with van der Waals surface area (Å²) in [5.74, 6) is 4.42. The zero-order chi connectivity index (χ0) is 99.5. The van der Waals surface area contributed by atoms with Gasteiger partial charge in [-0.15, -0.1) is 11.3 Å². The second-order valence-electron chi connectivity index (χ2n) is 38.2. The van der Waals surface area contributed by atoms with Gasteiger partial charge in [0.1, 0.15) is 74.3 Å². The average Bonchev–Trinajstić information content (AvgIpc) is 1.57. The van der Waals surface area contributed by atoms with E-state index in [1.54, 1.807) is 56.0 Å². The van der Waals surface area contributed by atoms with Crippen LogP contribution in [0.3, 0.4) is 0 Å². The number of thiazole rings is 1. The van der Waals surface area contributed by atoms with Gasteiger partial charge in [0.05, 0.1) is 77.6 Å². The number of hydrogen-bond donors (Lipinski definition) is 2. The Balaban J connectivity index is 0.000000103. The van der Waals surface area contributed by atoms with Crippen LogP contribution >= 0.6 is 11.3 Å². The maximum Gasteiger partial charge on any atom is 0.345 e. The van der Waals surface area contributed by atoms with Gasteiger partial charge in [-0.1, -0.05) is 6.07 Å². The molecule has 1 saturated carbocycles. The molecule has 5 saturated heterocycles. The van der Waals surface area contributed by atoms with E-state index in [2.05, 4.69) is 159 Å². The maximum atomic E-state index is 12.7. The fourth-order valence-corrected chi connectivity index (χ4v) is 21.0. The van der Waals surface area contributed by atoms with Crippen molar-refractivity contribution in [3.8, 4) is 79.4 Å². The number of rotatable bonds is 15. The van der Waals surface area contributed by atoms with Gasteiger partial charge < -0.3 is 99.3 Å². The van der Waals surface area contributed by atoms with Gasteiger partial charge in [-0.2, -0.15) is 0 Å². The molecule has 15 aromatic heterocycles. The van der Waals surface area contributed by atoms with Crippen LogP contribution in [-0.2, 0) is 0 Å². The minimum Gasteiger partial charge on any atom is -0.497 e. The molecule has 5 aromatic carbocycles. The topological polar surface area (TPSA) is 329 Å². The van der Waals surface area contributed by atoms with Gasteiger partial charge >= 0.3 is 28.1 Å². The lowest BCUT2D eigenvalue weighted by molar-refractivity contribution is 0.313.